The molecule has 10 heteroatoms. The van der Waals surface area contributed by atoms with Gasteiger partial charge in [0.05, 0.1) is 24.3 Å². The van der Waals surface area contributed by atoms with Crippen LogP contribution in [0, 0.1) is 0 Å². The number of hydrogen-bond acceptors (Lipinski definition) is 10. The molecule has 0 atom stereocenters. The average molecular weight is 669 g/mol. The van der Waals surface area contributed by atoms with Gasteiger partial charge in [0.15, 0.2) is 0 Å². The van der Waals surface area contributed by atoms with Crippen molar-refractivity contribution in [2.45, 2.75) is 27.2 Å². The Morgan fingerprint density at radius 1 is 0.560 bits per heavy atom. The van der Waals surface area contributed by atoms with Crippen molar-refractivity contribution in [3.63, 3.8) is 0 Å². The zero-order valence-corrected chi connectivity index (χ0v) is 28.3. The molecule has 0 unspecified atom stereocenters. The third-order valence-electron chi connectivity index (χ3n) is 6.82. The number of nitrogens with one attached hydrogen (secondary N) is 1. The lowest BCUT2D eigenvalue weighted by Crippen LogP contribution is -2.14. The second-order valence-electron chi connectivity index (χ2n) is 10.3. The van der Waals surface area contributed by atoms with Crippen molar-refractivity contribution < 1.29 is 19.1 Å². The Kier molecular flexibility index (Phi) is 14.6. The Bertz CT molecular complexity index is 1800. The highest BCUT2D eigenvalue weighted by Crippen LogP contribution is 2.31. The van der Waals surface area contributed by atoms with Gasteiger partial charge in [-0.05, 0) is 62.2 Å². The number of para-hydroxylation sites is 3. The summed E-state index contributed by atoms with van der Waals surface area (Å²) < 4.78 is 9.81. The molecular formula is C40H40N6O4. The minimum absolute atomic E-state index is 0.320. The monoisotopic (exact) mass is 668 g/mol. The van der Waals surface area contributed by atoms with Crippen molar-refractivity contribution in [1.29, 1.82) is 0 Å². The van der Waals surface area contributed by atoms with Gasteiger partial charge >= 0.3 is 11.9 Å². The molecule has 0 radical (unpaired) electrons. The Balaban J connectivity index is 0.000000189. The fraction of sp³-hybridized carbons (Fsp3) is 0.150. The lowest BCUT2D eigenvalue weighted by molar-refractivity contribution is 0.0515. The number of aryl methyl sites for hydroxylation is 1. The van der Waals surface area contributed by atoms with Crippen LogP contribution in [0.3, 0.4) is 0 Å². The Morgan fingerprint density at radius 3 is 1.36 bits per heavy atom. The van der Waals surface area contributed by atoms with Crippen LogP contribution in [0.4, 0.5) is 29.0 Å². The molecule has 6 aromatic rings. The van der Waals surface area contributed by atoms with Crippen LogP contribution in [0.5, 0.6) is 0 Å². The molecule has 6 rings (SSSR count). The van der Waals surface area contributed by atoms with Gasteiger partial charge in [0.25, 0.3) is 0 Å². The first-order chi connectivity index (χ1) is 24.5. The number of rotatable bonds is 10. The predicted octanol–water partition coefficient (Wildman–Crippen LogP) is 8.77. The standard InChI is InChI=1S/C19H17N3O2.C13H13N3O2.C8H10/c1-2-24-18(23)15-13-20-19(21-14-15)22(16-9-5-3-6-10-16)17-11-7-4-8-12-17;1-2-18-12(17)10-8-14-13(15-9-10)16-11-6-4-3-5-7-11;1-2-8-6-4-3-5-7-8/h3-14H,2H2,1H3;3-9H,2H2,1H3,(H,14,15,16);3-7H,2H2,1H3. The number of carbonyl (C=O) groups is 2. The molecule has 50 heavy (non-hydrogen) atoms. The summed E-state index contributed by atoms with van der Waals surface area (Å²) in [4.78, 5) is 41.9. The molecule has 1 N–H and O–H groups in total. The molecule has 0 amide bonds. The van der Waals surface area contributed by atoms with E-state index in [-0.39, 0.29) is 0 Å². The highest BCUT2D eigenvalue weighted by molar-refractivity contribution is 5.89. The van der Waals surface area contributed by atoms with E-state index in [4.69, 9.17) is 9.47 Å². The summed E-state index contributed by atoms with van der Waals surface area (Å²) >= 11 is 0. The number of anilines is 5. The van der Waals surface area contributed by atoms with Crippen LogP contribution < -0.4 is 10.2 Å². The van der Waals surface area contributed by atoms with E-state index in [1.54, 1.807) is 13.8 Å². The predicted molar refractivity (Wildman–Crippen MR) is 196 cm³/mol. The topological polar surface area (TPSA) is 119 Å². The quantitative estimate of drug-likeness (QED) is 0.142. The van der Waals surface area contributed by atoms with E-state index in [9.17, 15) is 9.59 Å². The van der Waals surface area contributed by atoms with Crippen molar-refractivity contribution in [2.75, 3.05) is 23.4 Å². The fourth-order valence-electron chi connectivity index (χ4n) is 4.37. The van der Waals surface area contributed by atoms with Gasteiger partial charge in [-0.2, -0.15) is 0 Å². The lowest BCUT2D eigenvalue weighted by atomic mass is 10.2. The summed E-state index contributed by atoms with van der Waals surface area (Å²) in [6.07, 6.45) is 6.99. The Morgan fingerprint density at radius 2 is 0.960 bits per heavy atom. The number of carbonyl (C=O) groups excluding carboxylic acids is 2. The van der Waals surface area contributed by atoms with Gasteiger partial charge < -0.3 is 14.8 Å². The van der Waals surface area contributed by atoms with E-state index in [0.717, 1.165) is 23.5 Å². The van der Waals surface area contributed by atoms with E-state index < -0.39 is 11.9 Å². The van der Waals surface area contributed by atoms with Crippen molar-refractivity contribution in [3.05, 3.63) is 163 Å². The van der Waals surface area contributed by atoms with E-state index in [1.807, 2.05) is 102 Å². The maximum atomic E-state index is 11.7. The summed E-state index contributed by atoms with van der Waals surface area (Å²) in [6.45, 7) is 6.34. The number of ether oxygens (including phenoxy) is 2. The summed E-state index contributed by atoms with van der Waals surface area (Å²) in [5.41, 5.74) is 4.85. The van der Waals surface area contributed by atoms with Crippen LogP contribution in [-0.4, -0.2) is 45.1 Å². The maximum absolute atomic E-state index is 11.7. The molecular weight excluding hydrogens is 628 g/mol. The van der Waals surface area contributed by atoms with Gasteiger partial charge in [-0.15, -0.1) is 0 Å². The summed E-state index contributed by atoms with van der Waals surface area (Å²) in [6, 6.07) is 39.7. The number of nitrogens with zero attached hydrogens (tertiary/aromatic N) is 5. The second kappa shape index (κ2) is 20.1. The number of aromatic nitrogens is 4. The zero-order valence-electron chi connectivity index (χ0n) is 28.3. The van der Waals surface area contributed by atoms with Crippen LogP contribution in [0.1, 0.15) is 47.1 Å². The van der Waals surface area contributed by atoms with Crippen LogP contribution in [-0.2, 0) is 15.9 Å². The Hall–Kier alpha value is -6.42. The summed E-state index contributed by atoms with van der Waals surface area (Å²) in [7, 11) is 0. The molecule has 0 aliphatic carbocycles. The molecule has 254 valence electrons. The normalized spacial score (nSPS) is 9.90. The first kappa shape index (κ1) is 36.4. The van der Waals surface area contributed by atoms with Gasteiger partial charge in [0, 0.05) is 41.8 Å². The minimum atomic E-state index is -0.421. The van der Waals surface area contributed by atoms with Crippen LogP contribution in [0.15, 0.2) is 146 Å². The van der Waals surface area contributed by atoms with Gasteiger partial charge in [-0.25, -0.2) is 29.5 Å². The smallest absolute Gasteiger partial charge is 0.341 e. The van der Waals surface area contributed by atoms with Crippen molar-refractivity contribution in [3.8, 4) is 0 Å². The first-order valence-electron chi connectivity index (χ1n) is 16.3. The molecule has 0 aliphatic rings. The molecule has 10 nitrogen and oxygen atoms in total. The van der Waals surface area contributed by atoms with Crippen molar-refractivity contribution >= 4 is 40.9 Å². The molecule has 4 aromatic carbocycles. The zero-order chi connectivity index (χ0) is 35.4. The SMILES string of the molecule is CCOC(=O)c1cnc(N(c2ccccc2)c2ccccc2)nc1.CCOC(=O)c1cnc(Nc2ccccc2)nc1.CCc1ccccc1. The molecule has 0 aliphatic heterocycles. The molecule has 0 bridgehead atoms. The highest BCUT2D eigenvalue weighted by Gasteiger charge is 2.16. The van der Waals surface area contributed by atoms with Gasteiger partial charge in [0.2, 0.25) is 11.9 Å². The van der Waals surface area contributed by atoms with Crippen LogP contribution >= 0.6 is 0 Å². The van der Waals surface area contributed by atoms with Crippen LogP contribution in [0.2, 0.25) is 0 Å². The third-order valence-corrected chi connectivity index (χ3v) is 6.82. The molecule has 0 spiro atoms. The average Bonchev–Trinajstić information content (AvgIpc) is 3.18. The first-order valence-corrected chi connectivity index (χ1v) is 16.3. The summed E-state index contributed by atoms with van der Waals surface area (Å²) in [5.74, 6) is 0.0912. The molecule has 2 heterocycles. The minimum Gasteiger partial charge on any atom is -0.462 e. The van der Waals surface area contributed by atoms with Gasteiger partial charge in [0.1, 0.15) is 0 Å². The molecule has 2 aromatic heterocycles. The van der Waals surface area contributed by atoms with E-state index in [0.29, 0.717) is 36.2 Å². The van der Waals surface area contributed by atoms with Crippen molar-refractivity contribution in [1.82, 2.24) is 19.9 Å². The van der Waals surface area contributed by atoms with Crippen molar-refractivity contribution in [2.24, 2.45) is 0 Å². The molecule has 0 fully saturated rings. The van der Waals surface area contributed by atoms with Crippen LogP contribution in [0.25, 0.3) is 0 Å². The largest absolute Gasteiger partial charge is 0.462 e. The second-order valence-corrected chi connectivity index (χ2v) is 10.3. The number of benzene rings is 4. The fourth-order valence-corrected chi connectivity index (χ4v) is 4.37. The van der Waals surface area contributed by atoms with E-state index in [1.165, 1.54) is 30.4 Å². The van der Waals surface area contributed by atoms with Gasteiger partial charge in [-0.3, -0.25) is 4.90 Å². The number of esters is 2. The highest BCUT2D eigenvalue weighted by atomic mass is 16.5. The Labute approximate surface area is 292 Å². The number of hydrogen-bond donors (Lipinski definition) is 1. The molecule has 0 saturated carbocycles. The third kappa shape index (κ3) is 11.4. The lowest BCUT2D eigenvalue weighted by Gasteiger charge is -2.22. The van der Waals surface area contributed by atoms with Gasteiger partial charge in [-0.1, -0.05) is 91.9 Å². The molecule has 0 saturated heterocycles. The summed E-state index contributed by atoms with van der Waals surface area (Å²) in [5, 5.41) is 3.03. The maximum Gasteiger partial charge on any atom is 0.341 e. The van der Waals surface area contributed by atoms with E-state index >= 15 is 0 Å². The van der Waals surface area contributed by atoms with E-state index in [2.05, 4.69) is 56.4 Å².